The van der Waals surface area contributed by atoms with Gasteiger partial charge in [0.25, 0.3) is 11.3 Å². The second-order valence-electron chi connectivity index (χ2n) is 3.50. The van der Waals surface area contributed by atoms with Crippen LogP contribution < -0.4 is 10.0 Å². The maximum atomic E-state index is 13.5. The molecule has 0 saturated heterocycles. The van der Waals surface area contributed by atoms with Crippen molar-refractivity contribution in [3.63, 3.8) is 0 Å². The number of halogens is 1. The molecule has 0 aliphatic carbocycles. The van der Waals surface area contributed by atoms with Crippen LogP contribution in [0.3, 0.4) is 0 Å². The van der Waals surface area contributed by atoms with E-state index >= 15 is 0 Å². The lowest BCUT2D eigenvalue weighted by atomic mass is 10.2. The van der Waals surface area contributed by atoms with Crippen molar-refractivity contribution in [2.24, 2.45) is 0 Å². The molecule has 94 valence electrons. The van der Waals surface area contributed by atoms with E-state index in [1.54, 1.807) is 42.5 Å². The first-order valence-corrected chi connectivity index (χ1v) is 6.25. The Morgan fingerprint density at radius 1 is 0.944 bits per heavy atom. The Bertz CT molecular complexity index is 578. The smallest absolute Gasteiger partial charge is 0.259 e. The zero-order chi connectivity index (χ0) is 13.0. The summed E-state index contributed by atoms with van der Waals surface area (Å²) in [6, 6.07) is 13.0. The lowest BCUT2D eigenvalue weighted by molar-refractivity contribution is 0.570. The Balaban J connectivity index is 2.29. The number of rotatable bonds is 4. The molecule has 0 aromatic heterocycles. The van der Waals surface area contributed by atoms with Crippen LogP contribution in [0.15, 0.2) is 48.5 Å². The fourth-order valence-electron chi connectivity index (χ4n) is 1.48. The van der Waals surface area contributed by atoms with Gasteiger partial charge < -0.3 is 5.32 Å². The predicted octanol–water partition coefficient (Wildman–Crippen LogP) is 3.12. The minimum Gasteiger partial charge on any atom is -0.351 e. The van der Waals surface area contributed by atoms with Crippen molar-refractivity contribution in [2.75, 3.05) is 10.0 Å². The molecule has 18 heavy (non-hydrogen) atoms. The third kappa shape index (κ3) is 3.06. The van der Waals surface area contributed by atoms with Gasteiger partial charge in [-0.15, -0.1) is 0 Å². The molecule has 2 rings (SSSR count). The average molecular weight is 266 g/mol. The van der Waals surface area contributed by atoms with Crippen molar-refractivity contribution < 1.29 is 13.2 Å². The van der Waals surface area contributed by atoms with Gasteiger partial charge in [0.15, 0.2) is 0 Å². The number of nitrogens with one attached hydrogen (secondary N) is 2. The van der Waals surface area contributed by atoms with Crippen molar-refractivity contribution >= 4 is 28.3 Å². The van der Waals surface area contributed by atoms with Gasteiger partial charge in [0, 0.05) is 0 Å². The van der Waals surface area contributed by atoms with E-state index in [1.165, 1.54) is 6.07 Å². The van der Waals surface area contributed by atoms with Crippen LogP contribution in [0.1, 0.15) is 0 Å². The molecule has 4 nitrogen and oxygen atoms in total. The highest BCUT2D eigenvalue weighted by atomic mass is 32.2. The molecule has 1 atom stereocenters. The summed E-state index contributed by atoms with van der Waals surface area (Å²) < 4.78 is 35.4. The van der Waals surface area contributed by atoms with Gasteiger partial charge in [-0.1, -0.05) is 24.3 Å². The zero-order valence-corrected chi connectivity index (χ0v) is 10.1. The largest absolute Gasteiger partial charge is 0.351 e. The molecule has 2 aromatic rings. The van der Waals surface area contributed by atoms with Crippen LogP contribution in [-0.2, 0) is 11.3 Å². The molecule has 0 saturated carbocycles. The number of hydrogen-bond acceptors (Lipinski definition) is 2. The topological polar surface area (TPSA) is 61.4 Å². The Morgan fingerprint density at radius 3 is 2.11 bits per heavy atom. The molecule has 0 spiro atoms. The summed E-state index contributed by atoms with van der Waals surface area (Å²) in [6.07, 6.45) is 0. The van der Waals surface area contributed by atoms with Crippen molar-refractivity contribution in [2.45, 2.75) is 0 Å². The van der Waals surface area contributed by atoms with Crippen LogP contribution >= 0.6 is 0 Å². The van der Waals surface area contributed by atoms with Gasteiger partial charge in [-0.25, -0.2) is 8.60 Å². The standard InChI is InChI=1S/C12H11FN2O2S/c13-9-5-1-2-6-10(9)14-11-7-3-4-8-12(11)15-18(16)17/h1-8,14-15H,(H,16,17). The van der Waals surface area contributed by atoms with Gasteiger partial charge in [0.2, 0.25) is 0 Å². The van der Waals surface area contributed by atoms with E-state index in [2.05, 4.69) is 10.0 Å². The van der Waals surface area contributed by atoms with Crippen LogP contribution in [0.4, 0.5) is 21.5 Å². The zero-order valence-electron chi connectivity index (χ0n) is 9.26. The molecule has 0 bridgehead atoms. The SMILES string of the molecule is O=S(O)Nc1ccccc1Nc1ccccc1F. The monoisotopic (exact) mass is 266 g/mol. The minimum atomic E-state index is -2.17. The summed E-state index contributed by atoms with van der Waals surface area (Å²) in [5.74, 6) is -0.391. The predicted molar refractivity (Wildman–Crippen MR) is 70.5 cm³/mol. The van der Waals surface area contributed by atoms with Crippen molar-refractivity contribution in [1.82, 2.24) is 0 Å². The highest BCUT2D eigenvalue weighted by molar-refractivity contribution is 7.80. The van der Waals surface area contributed by atoms with Crippen LogP contribution in [0.2, 0.25) is 0 Å². The van der Waals surface area contributed by atoms with E-state index in [0.29, 0.717) is 17.1 Å². The molecule has 6 heteroatoms. The van der Waals surface area contributed by atoms with Crippen LogP contribution in [0.25, 0.3) is 0 Å². The highest BCUT2D eigenvalue weighted by Crippen LogP contribution is 2.26. The van der Waals surface area contributed by atoms with Gasteiger partial charge >= 0.3 is 0 Å². The maximum absolute atomic E-state index is 13.5. The summed E-state index contributed by atoms with van der Waals surface area (Å²) >= 11 is -2.17. The molecule has 0 heterocycles. The molecule has 3 N–H and O–H groups in total. The van der Waals surface area contributed by atoms with E-state index in [-0.39, 0.29) is 0 Å². The second kappa shape index (κ2) is 5.61. The van der Waals surface area contributed by atoms with Gasteiger partial charge in [-0.3, -0.25) is 9.27 Å². The summed E-state index contributed by atoms with van der Waals surface area (Å²) in [5, 5.41) is 2.86. The lowest BCUT2D eigenvalue weighted by Crippen LogP contribution is -2.05. The molecular weight excluding hydrogens is 255 g/mol. The van der Waals surface area contributed by atoms with Gasteiger partial charge in [0.1, 0.15) is 5.82 Å². The molecule has 0 aliphatic heterocycles. The van der Waals surface area contributed by atoms with E-state index in [9.17, 15) is 8.60 Å². The second-order valence-corrected chi connectivity index (χ2v) is 4.20. The Labute approximate surface area is 106 Å². The summed E-state index contributed by atoms with van der Waals surface area (Å²) in [6.45, 7) is 0. The molecule has 1 unspecified atom stereocenters. The van der Waals surface area contributed by atoms with Crippen LogP contribution in [0.5, 0.6) is 0 Å². The normalized spacial score (nSPS) is 11.9. The molecule has 0 amide bonds. The van der Waals surface area contributed by atoms with Crippen LogP contribution in [-0.4, -0.2) is 8.76 Å². The molecule has 0 radical (unpaired) electrons. The third-order valence-electron chi connectivity index (χ3n) is 2.27. The quantitative estimate of drug-likeness (QED) is 0.745. The van der Waals surface area contributed by atoms with Crippen molar-refractivity contribution in [3.05, 3.63) is 54.3 Å². The third-order valence-corrected chi connectivity index (χ3v) is 2.66. The first-order chi connectivity index (χ1) is 8.66. The Morgan fingerprint density at radius 2 is 1.50 bits per heavy atom. The number of anilines is 3. The molecular formula is C12H11FN2O2S. The van der Waals surface area contributed by atoms with E-state index in [0.717, 1.165) is 0 Å². The van der Waals surface area contributed by atoms with E-state index < -0.39 is 17.1 Å². The average Bonchev–Trinajstić information content (AvgIpc) is 2.34. The molecule has 0 fully saturated rings. The van der Waals surface area contributed by atoms with Crippen molar-refractivity contribution in [3.8, 4) is 0 Å². The van der Waals surface area contributed by atoms with E-state index in [4.69, 9.17) is 4.55 Å². The summed E-state index contributed by atoms with van der Waals surface area (Å²) in [7, 11) is 0. The lowest BCUT2D eigenvalue weighted by Gasteiger charge is -2.12. The first-order valence-electron chi connectivity index (χ1n) is 5.15. The van der Waals surface area contributed by atoms with Crippen LogP contribution in [0, 0.1) is 5.82 Å². The number of para-hydroxylation sites is 3. The number of hydrogen-bond donors (Lipinski definition) is 3. The van der Waals surface area contributed by atoms with E-state index in [1.807, 2.05) is 0 Å². The van der Waals surface area contributed by atoms with Gasteiger partial charge in [-0.2, -0.15) is 0 Å². The number of benzene rings is 2. The maximum Gasteiger partial charge on any atom is 0.259 e. The fraction of sp³-hybridized carbons (Fsp3) is 0. The van der Waals surface area contributed by atoms with Crippen molar-refractivity contribution in [1.29, 1.82) is 0 Å². The highest BCUT2D eigenvalue weighted by Gasteiger charge is 2.06. The first kappa shape index (κ1) is 12.5. The fourth-order valence-corrected chi connectivity index (χ4v) is 1.85. The summed E-state index contributed by atoms with van der Waals surface area (Å²) in [4.78, 5) is 0. The Hall–Kier alpha value is -1.92. The molecule has 0 aliphatic rings. The molecule has 2 aromatic carbocycles. The van der Waals surface area contributed by atoms with Gasteiger partial charge in [-0.05, 0) is 24.3 Å². The minimum absolute atomic E-state index is 0.301. The van der Waals surface area contributed by atoms with Gasteiger partial charge in [0.05, 0.1) is 17.1 Å². The summed E-state index contributed by atoms with van der Waals surface area (Å²) in [5.41, 5.74) is 1.24. The Kier molecular flexibility index (Phi) is 3.91.